The van der Waals surface area contributed by atoms with E-state index in [0.717, 1.165) is 12.0 Å². The topological polar surface area (TPSA) is 58.2 Å². The van der Waals surface area contributed by atoms with Crippen molar-refractivity contribution in [3.05, 3.63) is 71.3 Å². The molecule has 0 fully saturated rings. The van der Waals surface area contributed by atoms with E-state index in [9.17, 15) is 9.59 Å². The summed E-state index contributed by atoms with van der Waals surface area (Å²) < 4.78 is 0. The van der Waals surface area contributed by atoms with Gasteiger partial charge in [-0.1, -0.05) is 48.9 Å². The molecular formula is C20H22N2O2. The molecule has 0 aliphatic heterocycles. The van der Waals surface area contributed by atoms with Gasteiger partial charge in [-0.2, -0.15) is 0 Å². The molecule has 0 bridgehead atoms. The fourth-order valence-electron chi connectivity index (χ4n) is 2.15. The molecule has 0 atom stereocenters. The summed E-state index contributed by atoms with van der Waals surface area (Å²) in [7, 11) is 0. The first-order chi connectivity index (χ1) is 11.6. The number of hydrogen-bond donors (Lipinski definition) is 2. The van der Waals surface area contributed by atoms with Crippen LogP contribution < -0.4 is 10.6 Å². The lowest BCUT2D eigenvalue weighted by atomic mass is 10.1. The molecule has 2 rings (SSSR count). The van der Waals surface area contributed by atoms with Crippen LogP contribution in [0.5, 0.6) is 0 Å². The Bertz CT molecular complexity index is 734. The number of para-hydroxylation sites is 1. The lowest BCUT2D eigenvalue weighted by molar-refractivity contribution is -0.111. The van der Waals surface area contributed by atoms with E-state index in [1.54, 1.807) is 30.3 Å². The molecule has 0 radical (unpaired) electrons. The predicted molar refractivity (Wildman–Crippen MR) is 97.9 cm³/mol. The minimum atomic E-state index is -0.272. The molecule has 2 amide bonds. The van der Waals surface area contributed by atoms with Gasteiger partial charge in [0.05, 0.1) is 11.3 Å². The van der Waals surface area contributed by atoms with Gasteiger partial charge >= 0.3 is 0 Å². The minimum Gasteiger partial charge on any atom is -0.352 e. The van der Waals surface area contributed by atoms with Crippen molar-refractivity contribution in [3.8, 4) is 0 Å². The van der Waals surface area contributed by atoms with Crippen molar-refractivity contribution in [2.75, 3.05) is 11.9 Å². The summed E-state index contributed by atoms with van der Waals surface area (Å²) >= 11 is 0. The average molecular weight is 322 g/mol. The summed E-state index contributed by atoms with van der Waals surface area (Å²) in [5.74, 6) is -0.457. The highest BCUT2D eigenvalue weighted by Crippen LogP contribution is 2.15. The second kappa shape index (κ2) is 8.67. The van der Waals surface area contributed by atoms with E-state index in [0.29, 0.717) is 17.8 Å². The summed E-state index contributed by atoms with van der Waals surface area (Å²) in [6, 6.07) is 14.9. The SMILES string of the molecule is CCCNC(=O)c1ccccc1NC(=O)C=Cc1ccc(C)cc1. The third kappa shape index (κ3) is 5.09. The van der Waals surface area contributed by atoms with Crippen molar-refractivity contribution in [1.29, 1.82) is 0 Å². The molecule has 0 aliphatic rings. The Kier molecular flexibility index (Phi) is 6.32. The molecule has 2 N–H and O–H groups in total. The van der Waals surface area contributed by atoms with E-state index in [1.165, 1.54) is 11.6 Å². The van der Waals surface area contributed by atoms with E-state index < -0.39 is 0 Å². The second-order valence-corrected chi connectivity index (χ2v) is 5.53. The first kappa shape index (κ1) is 17.5. The maximum absolute atomic E-state index is 12.1. The van der Waals surface area contributed by atoms with Crippen molar-refractivity contribution < 1.29 is 9.59 Å². The third-order valence-electron chi connectivity index (χ3n) is 3.47. The highest BCUT2D eigenvalue weighted by molar-refractivity contribution is 6.07. The smallest absolute Gasteiger partial charge is 0.253 e. The van der Waals surface area contributed by atoms with Gasteiger partial charge in [0.1, 0.15) is 0 Å². The fraction of sp³-hybridized carbons (Fsp3) is 0.200. The highest BCUT2D eigenvalue weighted by atomic mass is 16.2. The van der Waals surface area contributed by atoms with Crippen LogP contribution >= 0.6 is 0 Å². The third-order valence-corrected chi connectivity index (χ3v) is 3.47. The maximum atomic E-state index is 12.1. The van der Waals surface area contributed by atoms with Crippen LogP contribution in [0.15, 0.2) is 54.6 Å². The van der Waals surface area contributed by atoms with Gasteiger partial charge in [-0.25, -0.2) is 0 Å². The molecule has 4 heteroatoms. The standard InChI is InChI=1S/C20H22N2O2/c1-3-14-21-20(24)17-6-4-5-7-18(17)22-19(23)13-12-16-10-8-15(2)9-11-16/h4-13H,3,14H2,1-2H3,(H,21,24)(H,22,23). The van der Waals surface area contributed by atoms with E-state index in [1.807, 2.05) is 38.1 Å². The summed E-state index contributed by atoms with van der Waals surface area (Å²) in [5, 5.41) is 5.58. The van der Waals surface area contributed by atoms with E-state index in [4.69, 9.17) is 0 Å². The van der Waals surface area contributed by atoms with Gasteiger partial charge in [0.2, 0.25) is 5.91 Å². The molecule has 2 aromatic carbocycles. The fourth-order valence-corrected chi connectivity index (χ4v) is 2.15. The molecule has 0 spiro atoms. The molecular weight excluding hydrogens is 300 g/mol. The minimum absolute atomic E-state index is 0.185. The Morgan fingerprint density at radius 3 is 2.46 bits per heavy atom. The van der Waals surface area contributed by atoms with Crippen molar-refractivity contribution in [1.82, 2.24) is 5.32 Å². The molecule has 124 valence electrons. The Morgan fingerprint density at radius 2 is 1.75 bits per heavy atom. The number of carbonyl (C=O) groups excluding carboxylic acids is 2. The van der Waals surface area contributed by atoms with Crippen molar-refractivity contribution in [2.24, 2.45) is 0 Å². The van der Waals surface area contributed by atoms with Crippen LogP contribution in [0.3, 0.4) is 0 Å². The highest BCUT2D eigenvalue weighted by Gasteiger charge is 2.11. The Morgan fingerprint density at radius 1 is 1.04 bits per heavy atom. The lowest BCUT2D eigenvalue weighted by Crippen LogP contribution is -2.25. The van der Waals surface area contributed by atoms with Crippen molar-refractivity contribution >= 4 is 23.6 Å². The molecule has 24 heavy (non-hydrogen) atoms. The van der Waals surface area contributed by atoms with Crippen LogP contribution in [0.4, 0.5) is 5.69 Å². The zero-order chi connectivity index (χ0) is 17.4. The van der Waals surface area contributed by atoms with E-state index >= 15 is 0 Å². The Labute approximate surface area is 142 Å². The number of hydrogen-bond acceptors (Lipinski definition) is 2. The number of aryl methyl sites for hydroxylation is 1. The normalized spacial score (nSPS) is 10.6. The molecule has 0 heterocycles. The molecule has 4 nitrogen and oxygen atoms in total. The number of anilines is 1. The first-order valence-corrected chi connectivity index (χ1v) is 8.03. The zero-order valence-corrected chi connectivity index (χ0v) is 14.0. The van der Waals surface area contributed by atoms with Crippen LogP contribution in [-0.4, -0.2) is 18.4 Å². The Balaban J connectivity index is 2.06. The van der Waals surface area contributed by atoms with E-state index in [2.05, 4.69) is 10.6 Å². The van der Waals surface area contributed by atoms with Gasteiger partial charge in [0.15, 0.2) is 0 Å². The molecule has 0 unspecified atom stereocenters. The predicted octanol–water partition coefficient (Wildman–Crippen LogP) is 3.79. The van der Waals surface area contributed by atoms with Crippen LogP contribution in [0, 0.1) is 6.92 Å². The summed E-state index contributed by atoms with van der Waals surface area (Å²) in [5.41, 5.74) is 3.08. The number of rotatable bonds is 6. The van der Waals surface area contributed by atoms with Crippen molar-refractivity contribution in [3.63, 3.8) is 0 Å². The molecule has 0 saturated carbocycles. The molecule has 2 aromatic rings. The van der Waals surface area contributed by atoms with Crippen LogP contribution in [0.25, 0.3) is 6.08 Å². The summed E-state index contributed by atoms with van der Waals surface area (Å²) in [6.07, 6.45) is 4.07. The molecule has 0 saturated heterocycles. The largest absolute Gasteiger partial charge is 0.352 e. The average Bonchev–Trinajstić information content (AvgIpc) is 2.59. The first-order valence-electron chi connectivity index (χ1n) is 8.03. The number of amides is 2. The summed E-state index contributed by atoms with van der Waals surface area (Å²) in [6.45, 7) is 4.61. The van der Waals surface area contributed by atoms with Crippen LogP contribution in [-0.2, 0) is 4.79 Å². The Hall–Kier alpha value is -2.88. The van der Waals surface area contributed by atoms with Gasteiger partial charge in [-0.15, -0.1) is 0 Å². The van der Waals surface area contributed by atoms with Gasteiger partial charge in [0, 0.05) is 12.6 Å². The monoisotopic (exact) mass is 322 g/mol. The van der Waals surface area contributed by atoms with Crippen molar-refractivity contribution in [2.45, 2.75) is 20.3 Å². The second-order valence-electron chi connectivity index (χ2n) is 5.53. The molecule has 0 aromatic heterocycles. The van der Waals surface area contributed by atoms with Gasteiger partial charge in [0.25, 0.3) is 5.91 Å². The van der Waals surface area contributed by atoms with Gasteiger partial charge in [-0.3, -0.25) is 9.59 Å². The summed E-state index contributed by atoms with van der Waals surface area (Å²) in [4.78, 5) is 24.2. The molecule has 0 aliphatic carbocycles. The number of nitrogens with one attached hydrogen (secondary N) is 2. The quantitative estimate of drug-likeness (QED) is 0.795. The number of carbonyl (C=O) groups is 2. The van der Waals surface area contributed by atoms with Crippen LogP contribution in [0.1, 0.15) is 34.8 Å². The number of benzene rings is 2. The van der Waals surface area contributed by atoms with E-state index in [-0.39, 0.29) is 11.8 Å². The maximum Gasteiger partial charge on any atom is 0.253 e. The lowest BCUT2D eigenvalue weighted by Gasteiger charge is -2.09. The van der Waals surface area contributed by atoms with Gasteiger partial charge in [-0.05, 0) is 37.1 Å². The zero-order valence-electron chi connectivity index (χ0n) is 14.0. The van der Waals surface area contributed by atoms with Crippen LogP contribution in [0.2, 0.25) is 0 Å². The van der Waals surface area contributed by atoms with Gasteiger partial charge < -0.3 is 10.6 Å².